The molecule has 0 aliphatic carbocycles. The molecule has 0 bridgehead atoms. The van der Waals surface area contributed by atoms with Crippen molar-refractivity contribution in [1.29, 1.82) is 0 Å². The van der Waals surface area contributed by atoms with Crippen LogP contribution in [-0.4, -0.2) is 66.3 Å². The summed E-state index contributed by atoms with van der Waals surface area (Å²) in [5.41, 5.74) is 5.55. The van der Waals surface area contributed by atoms with Gasteiger partial charge >= 0.3 is 24.3 Å². The number of nitrogen functional groups attached to an aromatic ring is 1. The number of nitrogens with two attached hydrogens (primary N) is 1. The molecule has 2 aliphatic rings. The van der Waals surface area contributed by atoms with Crippen molar-refractivity contribution < 1.29 is 37.0 Å². The van der Waals surface area contributed by atoms with Gasteiger partial charge in [-0.2, -0.15) is 13.2 Å². The van der Waals surface area contributed by atoms with E-state index in [-0.39, 0.29) is 42.4 Å². The molecule has 9 nitrogen and oxygen atoms in total. The van der Waals surface area contributed by atoms with Crippen molar-refractivity contribution in [2.24, 2.45) is 0 Å². The van der Waals surface area contributed by atoms with Crippen LogP contribution in [0.1, 0.15) is 36.5 Å². The standard InChI is InChI=1S/C27H30ClF3N4O5/c1-2-39-24(36)22(15-16-13-19(27(29,30)31)23(32)20(28)14-16)40-26(38)34-10-8-18(9-11-34)35-12-7-17-5-3-4-6-21(17)33-25(35)37/h3-6,13-14,18,22H,2,7-12,15,32H2,1H3,(H,33,37). The highest BCUT2D eigenvalue weighted by Crippen LogP contribution is 2.38. The molecule has 1 unspecified atom stereocenters. The van der Waals surface area contributed by atoms with Crippen LogP contribution in [-0.2, 0) is 33.3 Å². The van der Waals surface area contributed by atoms with Crippen molar-refractivity contribution in [3.8, 4) is 0 Å². The smallest absolute Gasteiger partial charge is 0.418 e. The van der Waals surface area contributed by atoms with E-state index in [0.717, 1.165) is 17.3 Å². The first kappa shape index (κ1) is 29.3. The Labute approximate surface area is 234 Å². The second-order valence-corrected chi connectivity index (χ2v) is 10.0. The maximum atomic E-state index is 13.4. The molecule has 13 heteroatoms. The molecule has 40 heavy (non-hydrogen) atoms. The van der Waals surface area contributed by atoms with Gasteiger partial charge in [0.2, 0.25) is 6.10 Å². The van der Waals surface area contributed by atoms with E-state index in [1.54, 1.807) is 11.8 Å². The predicted molar refractivity (Wildman–Crippen MR) is 142 cm³/mol. The zero-order chi connectivity index (χ0) is 29.0. The van der Waals surface area contributed by atoms with Gasteiger partial charge in [-0.05, 0) is 55.5 Å². The van der Waals surface area contributed by atoms with Gasteiger partial charge in [-0.15, -0.1) is 0 Å². The number of urea groups is 1. The van der Waals surface area contributed by atoms with E-state index in [1.165, 1.54) is 11.0 Å². The number of ether oxygens (including phenoxy) is 2. The van der Waals surface area contributed by atoms with Crippen molar-refractivity contribution in [3.63, 3.8) is 0 Å². The van der Waals surface area contributed by atoms with Crippen LogP contribution in [0.3, 0.4) is 0 Å². The van der Waals surface area contributed by atoms with Gasteiger partial charge in [0.1, 0.15) is 0 Å². The summed E-state index contributed by atoms with van der Waals surface area (Å²) in [6.07, 6.45) is -5.78. The van der Waals surface area contributed by atoms with Gasteiger partial charge in [-0.1, -0.05) is 29.8 Å². The first-order chi connectivity index (χ1) is 19.0. The van der Waals surface area contributed by atoms with E-state index in [0.29, 0.717) is 25.8 Å². The molecule has 1 fully saturated rings. The maximum Gasteiger partial charge on any atom is 0.418 e. The second-order valence-electron chi connectivity index (χ2n) is 9.61. The van der Waals surface area contributed by atoms with Crippen LogP contribution in [0.25, 0.3) is 0 Å². The second kappa shape index (κ2) is 12.2. The molecule has 3 N–H and O–H groups in total. The van der Waals surface area contributed by atoms with E-state index in [9.17, 15) is 27.6 Å². The van der Waals surface area contributed by atoms with Crippen LogP contribution in [0, 0.1) is 0 Å². The van der Waals surface area contributed by atoms with Gasteiger partial charge in [0.15, 0.2) is 0 Å². The van der Waals surface area contributed by atoms with E-state index >= 15 is 0 Å². The molecule has 2 aromatic carbocycles. The average molecular weight is 583 g/mol. The van der Waals surface area contributed by atoms with Crippen LogP contribution in [0.2, 0.25) is 5.02 Å². The molecule has 0 saturated carbocycles. The van der Waals surface area contributed by atoms with Crippen molar-refractivity contribution in [1.82, 2.24) is 9.80 Å². The first-order valence-corrected chi connectivity index (χ1v) is 13.3. The minimum atomic E-state index is -4.77. The van der Waals surface area contributed by atoms with Crippen molar-refractivity contribution in [3.05, 3.63) is 58.1 Å². The van der Waals surface area contributed by atoms with Gasteiger partial charge in [0, 0.05) is 37.8 Å². The number of esters is 1. The predicted octanol–water partition coefficient (Wildman–Crippen LogP) is 5.11. The Hall–Kier alpha value is -3.67. The summed E-state index contributed by atoms with van der Waals surface area (Å²) < 4.78 is 50.7. The number of nitrogens with zero attached hydrogens (tertiary/aromatic N) is 2. The Balaban J connectivity index is 1.40. The number of nitrogens with one attached hydrogen (secondary N) is 1. The Morgan fingerprint density at radius 3 is 2.55 bits per heavy atom. The highest BCUT2D eigenvalue weighted by atomic mass is 35.5. The number of hydrogen-bond donors (Lipinski definition) is 2. The molecule has 0 aromatic heterocycles. The summed E-state index contributed by atoms with van der Waals surface area (Å²) in [4.78, 5) is 41.6. The third kappa shape index (κ3) is 6.72. The number of benzene rings is 2. The molecule has 2 heterocycles. The van der Waals surface area contributed by atoms with Crippen molar-refractivity contribution >= 4 is 41.1 Å². The van der Waals surface area contributed by atoms with Crippen molar-refractivity contribution in [2.75, 3.05) is 37.3 Å². The molecule has 1 atom stereocenters. The molecule has 216 valence electrons. The zero-order valence-corrected chi connectivity index (χ0v) is 22.6. The minimum absolute atomic E-state index is 0.00394. The van der Waals surface area contributed by atoms with Crippen LogP contribution >= 0.6 is 11.6 Å². The summed E-state index contributed by atoms with van der Waals surface area (Å²) in [5, 5.41) is 2.61. The van der Waals surface area contributed by atoms with Crippen LogP contribution in [0.15, 0.2) is 36.4 Å². The fourth-order valence-electron chi connectivity index (χ4n) is 4.94. The van der Waals surface area contributed by atoms with Crippen LogP contribution in [0.5, 0.6) is 0 Å². The molecule has 2 aromatic rings. The quantitative estimate of drug-likeness (QED) is 0.362. The number of carbonyl (C=O) groups is 3. The summed E-state index contributed by atoms with van der Waals surface area (Å²) in [6, 6.07) is 9.28. The number of fused-ring (bicyclic) bond motifs is 1. The number of halogens is 4. The zero-order valence-electron chi connectivity index (χ0n) is 21.8. The maximum absolute atomic E-state index is 13.4. The fraction of sp³-hybridized carbons (Fsp3) is 0.444. The molecule has 4 rings (SSSR count). The van der Waals surface area contributed by atoms with Crippen LogP contribution in [0.4, 0.5) is 34.1 Å². The third-order valence-corrected chi connectivity index (χ3v) is 7.33. The van der Waals surface area contributed by atoms with E-state index in [1.807, 2.05) is 24.3 Å². The average Bonchev–Trinajstić information content (AvgIpc) is 3.07. The van der Waals surface area contributed by atoms with E-state index < -0.39 is 42.0 Å². The number of alkyl halides is 3. The monoisotopic (exact) mass is 582 g/mol. The number of rotatable bonds is 6. The number of piperidine rings is 1. The van der Waals surface area contributed by atoms with Gasteiger partial charge < -0.3 is 30.3 Å². The van der Waals surface area contributed by atoms with Gasteiger partial charge in [-0.25, -0.2) is 14.4 Å². The summed E-state index contributed by atoms with van der Waals surface area (Å²) in [6.45, 7) is 2.60. The lowest BCUT2D eigenvalue weighted by atomic mass is 10.0. The minimum Gasteiger partial charge on any atom is -0.463 e. The molecule has 2 aliphatic heterocycles. The molecular formula is C27H30ClF3N4O5. The number of likely N-dealkylation sites (tertiary alicyclic amines) is 1. The van der Waals surface area contributed by atoms with Gasteiger partial charge in [0.05, 0.1) is 22.9 Å². The number of amides is 3. The Kier molecular flexibility index (Phi) is 8.97. The summed E-state index contributed by atoms with van der Waals surface area (Å²) in [7, 11) is 0. The Morgan fingerprint density at radius 1 is 1.18 bits per heavy atom. The molecule has 3 amide bonds. The van der Waals surface area contributed by atoms with E-state index in [4.69, 9.17) is 26.8 Å². The largest absolute Gasteiger partial charge is 0.463 e. The van der Waals surface area contributed by atoms with Crippen molar-refractivity contribution in [2.45, 2.75) is 50.9 Å². The summed E-state index contributed by atoms with van der Waals surface area (Å²) in [5.74, 6) is -0.895. The normalized spacial score (nSPS) is 17.0. The fourth-order valence-corrected chi connectivity index (χ4v) is 5.19. The molecular weight excluding hydrogens is 553 g/mol. The Morgan fingerprint density at radius 2 is 1.88 bits per heavy atom. The highest BCUT2D eigenvalue weighted by Gasteiger charge is 2.36. The SMILES string of the molecule is CCOC(=O)C(Cc1cc(Cl)c(N)c(C(F)(F)F)c1)OC(=O)N1CCC(N2CCc3ccccc3NC2=O)CC1. The lowest BCUT2D eigenvalue weighted by molar-refractivity contribution is -0.153. The number of carbonyl (C=O) groups excluding carboxylic acids is 3. The third-order valence-electron chi connectivity index (χ3n) is 7.01. The number of para-hydroxylation sites is 1. The summed E-state index contributed by atoms with van der Waals surface area (Å²) >= 11 is 5.91. The lowest BCUT2D eigenvalue weighted by Crippen LogP contribution is -2.50. The number of anilines is 2. The lowest BCUT2D eigenvalue weighted by Gasteiger charge is -2.37. The van der Waals surface area contributed by atoms with E-state index in [2.05, 4.69) is 5.32 Å². The Bertz CT molecular complexity index is 1270. The highest BCUT2D eigenvalue weighted by molar-refractivity contribution is 6.33. The van der Waals surface area contributed by atoms with Gasteiger partial charge in [-0.3, -0.25) is 0 Å². The molecule has 1 saturated heterocycles. The first-order valence-electron chi connectivity index (χ1n) is 12.9. The van der Waals surface area contributed by atoms with Gasteiger partial charge in [0.25, 0.3) is 0 Å². The topological polar surface area (TPSA) is 114 Å². The molecule has 0 spiro atoms. The van der Waals surface area contributed by atoms with Crippen LogP contribution < -0.4 is 11.1 Å². The molecule has 0 radical (unpaired) electrons. The number of hydrogen-bond acceptors (Lipinski definition) is 6.